The summed E-state index contributed by atoms with van der Waals surface area (Å²) >= 11 is 0. The van der Waals surface area contributed by atoms with Gasteiger partial charge in [0.15, 0.2) is 0 Å². The Hall–Kier alpha value is -2.62. The van der Waals surface area contributed by atoms with Crippen LogP contribution in [0.4, 0.5) is 0 Å². The van der Waals surface area contributed by atoms with E-state index in [0.717, 1.165) is 11.1 Å². The van der Waals surface area contributed by atoms with Crippen LogP contribution in [0, 0.1) is 11.8 Å². The standard InChI is InChI=1S/C23H27NO3/c1-4-27-23(26)21(15(2)3)24-22(25)20-18(16-11-7-5-8-12-16)19(20)17-13-9-6-10-14-17/h5-15,18-21H,4H2,1-3H3,(H,24,25)/t18-,19-,21+/m1/s1. The molecule has 1 saturated carbocycles. The second-order valence-corrected chi connectivity index (χ2v) is 7.38. The van der Waals surface area contributed by atoms with Crippen molar-refractivity contribution in [2.75, 3.05) is 6.61 Å². The van der Waals surface area contributed by atoms with Crippen LogP contribution < -0.4 is 5.32 Å². The lowest BCUT2D eigenvalue weighted by molar-refractivity contribution is -0.148. The van der Waals surface area contributed by atoms with Gasteiger partial charge in [-0.05, 0) is 24.0 Å². The van der Waals surface area contributed by atoms with Gasteiger partial charge in [0, 0.05) is 11.8 Å². The number of rotatable bonds is 7. The molecule has 0 radical (unpaired) electrons. The minimum absolute atomic E-state index is 0.0305. The van der Waals surface area contributed by atoms with Gasteiger partial charge >= 0.3 is 5.97 Å². The Morgan fingerprint density at radius 1 is 0.926 bits per heavy atom. The fourth-order valence-corrected chi connectivity index (χ4v) is 3.80. The van der Waals surface area contributed by atoms with Gasteiger partial charge in [0.2, 0.25) is 5.91 Å². The first kappa shape index (κ1) is 19.2. The third-order valence-corrected chi connectivity index (χ3v) is 5.20. The van der Waals surface area contributed by atoms with Crippen LogP contribution in [0.5, 0.6) is 0 Å². The predicted molar refractivity (Wildman–Crippen MR) is 105 cm³/mol. The van der Waals surface area contributed by atoms with Crippen LogP contribution in [0.1, 0.15) is 43.7 Å². The molecule has 4 heteroatoms. The van der Waals surface area contributed by atoms with Crippen molar-refractivity contribution in [3.63, 3.8) is 0 Å². The van der Waals surface area contributed by atoms with E-state index in [4.69, 9.17) is 4.74 Å². The lowest BCUT2D eigenvalue weighted by atomic mass is 10.0. The molecule has 3 rings (SSSR count). The van der Waals surface area contributed by atoms with E-state index in [1.54, 1.807) is 6.92 Å². The van der Waals surface area contributed by atoms with E-state index >= 15 is 0 Å². The number of ether oxygens (including phenoxy) is 1. The van der Waals surface area contributed by atoms with Crippen LogP contribution in [-0.2, 0) is 14.3 Å². The largest absolute Gasteiger partial charge is 0.464 e. The second kappa shape index (κ2) is 8.38. The summed E-state index contributed by atoms with van der Waals surface area (Å²) in [6, 6.07) is 19.6. The Bertz CT molecular complexity index is 727. The van der Waals surface area contributed by atoms with Gasteiger partial charge in [-0.25, -0.2) is 4.79 Å². The first-order valence-electron chi connectivity index (χ1n) is 9.61. The second-order valence-electron chi connectivity index (χ2n) is 7.38. The number of hydrogen-bond acceptors (Lipinski definition) is 3. The molecular weight excluding hydrogens is 338 g/mol. The molecule has 0 bridgehead atoms. The zero-order valence-electron chi connectivity index (χ0n) is 16.1. The van der Waals surface area contributed by atoms with Crippen LogP contribution in [-0.4, -0.2) is 24.5 Å². The summed E-state index contributed by atoms with van der Waals surface area (Å²) < 4.78 is 5.14. The van der Waals surface area contributed by atoms with Crippen LogP contribution in [0.15, 0.2) is 60.7 Å². The Kier molecular flexibility index (Phi) is 5.94. The molecule has 27 heavy (non-hydrogen) atoms. The Morgan fingerprint density at radius 2 is 1.41 bits per heavy atom. The lowest BCUT2D eigenvalue weighted by Gasteiger charge is -2.20. The quantitative estimate of drug-likeness (QED) is 0.758. The molecule has 4 nitrogen and oxygen atoms in total. The summed E-state index contributed by atoms with van der Waals surface area (Å²) in [4.78, 5) is 25.3. The summed E-state index contributed by atoms with van der Waals surface area (Å²) in [5.74, 6) is -0.395. The van der Waals surface area contributed by atoms with Crippen molar-refractivity contribution in [3.05, 3.63) is 71.8 Å². The molecular formula is C23H27NO3. The third kappa shape index (κ3) is 4.21. The molecule has 1 fully saturated rings. The molecule has 0 heterocycles. The maximum atomic E-state index is 13.1. The topological polar surface area (TPSA) is 55.4 Å². The highest BCUT2D eigenvalue weighted by Crippen LogP contribution is 2.60. The molecule has 2 aromatic rings. The van der Waals surface area contributed by atoms with E-state index in [1.165, 1.54) is 0 Å². The number of nitrogens with one attached hydrogen (secondary N) is 1. The maximum Gasteiger partial charge on any atom is 0.328 e. The zero-order valence-corrected chi connectivity index (χ0v) is 16.1. The number of esters is 1. The van der Waals surface area contributed by atoms with Gasteiger partial charge in [0.05, 0.1) is 12.5 Å². The number of amides is 1. The normalized spacial score (nSPS) is 22.1. The first-order valence-corrected chi connectivity index (χ1v) is 9.61. The van der Waals surface area contributed by atoms with Gasteiger partial charge in [-0.1, -0.05) is 74.5 Å². The molecule has 3 atom stereocenters. The van der Waals surface area contributed by atoms with Crippen molar-refractivity contribution in [1.82, 2.24) is 5.32 Å². The molecule has 1 N–H and O–H groups in total. The van der Waals surface area contributed by atoms with Gasteiger partial charge in [-0.3, -0.25) is 4.79 Å². The first-order chi connectivity index (χ1) is 13.0. The van der Waals surface area contributed by atoms with Gasteiger partial charge in [-0.2, -0.15) is 0 Å². The highest BCUT2D eigenvalue weighted by atomic mass is 16.5. The molecule has 0 saturated heterocycles. The molecule has 0 spiro atoms. The van der Waals surface area contributed by atoms with Crippen molar-refractivity contribution >= 4 is 11.9 Å². The minimum Gasteiger partial charge on any atom is -0.464 e. The number of hydrogen-bond donors (Lipinski definition) is 1. The fourth-order valence-electron chi connectivity index (χ4n) is 3.80. The summed E-state index contributed by atoms with van der Waals surface area (Å²) in [7, 11) is 0. The molecule has 0 aromatic heterocycles. The molecule has 1 aliphatic carbocycles. The number of carbonyl (C=O) groups is 2. The zero-order chi connectivity index (χ0) is 19.4. The van der Waals surface area contributed by atoms with Crippen molar-refractivity contribution in [3.8, 4) is 0 Å². The summed E-state index contributed by atoms with van der Waals surface area (Å²) in [5, 5.41) is 2.95. The lowest BCUT2D eigenvalue weighted by Crippen LogP contribution is -2.46. The van der Waals surface area contributed by atoms with E-state index < -0.39 is 6.04 Å². The van der Waals surface area contributed by atoms with Crippen LogP contribution in [0.3, 0.4) is 0 Å². The molecule has 142 valence electrons. The average Bonchev–Trinajstić information content (AvgIpc) is 3.43. The van der Waals surface area contributed by atoms with Crippen molar-refractivity contribution in [2.24, 2.45) is 11.8 Å². The smallest absolute Gasteiger partial charge is 0.328 e. The van der Waals surface area contributed by atoms with Crippen LogP contribution >= 0.6 is 0 Å². The van der Waals surface area contributed by atoms with Crippen molar-refractivity contribution < 1.29 is 14.3 Å². The molecule has 1 amide bonds. The molecule has 0 unspecified atom stereocenters. The van der Waals surface area contributed by atoms with Gasteiger partial charge in [0.25, 0.3) is 0 Å². The van der Waals surface area contributed by atoms with Crippen molar-refractivity contribution in [1.29, 1.82) is 0 Å². The van der Waals surface area contributed by atoms with E-state index in [1.807, 2.05) is 50.2 Å². The molecule has 1 aliphatic rings. The summed E-state index contributed by atoms with van der Waals surface area (Å²) in [6.45, 7) is 5.91. The highest BCUT2D eigenvalue weighted by molar-refractivity contribution is 5.89. The fraction of sp³-hybridized carbons (Fsp3) is 0.391. The Labute approximate surface area is 160 Å². The SMILES string of the molecule is CCOC(=O)[C@@H](NC(=O)C1[C@H](c2ccccc2)[C@H]1c1ccccc1)C(C)C. The van der Waals surface area contributed by atoms with Crippen molar-refractivity contribution in [2.45, 2.75) is 38.6 Å². The van der Waals surface area contributed by atoms with Crippen LogP contribution in [0.2, 0.25) is 0 Å². The predicted octanol–water partition coefficient (Wildman–Crippen LogP) is 3.89. The molecule has 0 aliphatic heterocycles. The summed E-state index contributed by atoms with van der Waals surface area (Å²) in [6.07, 6.45) is 0. The average molecular weight is 365 g/mol. The van der Waals surface area contributed by atoms with Gasteiger partial charge < -0.3 is 10.1 Å². The van der Waals surface area contributed by atoms with E-state index in [-0.39, 0.29) is 35.5 Å². The van der Waals surface area contributed by atoms with E-state index in [0.29, 0.717) is 6.61 Å². The Morgan fingerprint density at radius 3 is 1.81 bits per heavy atom. The van der Waals surface area contributed by atoms with E-state index in [2.05, 4.69) is 29.6 Å². The summed E-state index contributed by atoms with van der Waals surface area (Å²) in [5.41, 5.74) is 2.31. The minimum atomic E-state index is -0.620. The van der Waals surface area contributed by atoms with Crippen LogP contribution in [0.25, 0.3) is 0 Å². The van der Waals surface area contributed by atoms with E-state index in [9.17, 15) is 9.59 Å². The van der Waals surface area contributed by atoms with Gasteiger partial charge in [0.1, 0.15) is 6.04 Å². The Balaban J connectivity index is 1.82. The van der Waals surface area contributed by atoms with Gasteiger partial charge in [-0.15, -0.1) is 0 Å². The number of benzene rings is 2. The third-order valence-electron chi connectivity index (χ3n) is 5.20. The number of carbonyl (C=O) groups excluding carboxylic acids is 2. The monoisotopic (exact) mass is 365 g/mol. The highest BCUT2D eigenvalue weighted by Gasteiger charge is 2.56. The maximum absolute atomic E-state index is 13.1. The molecule has 2 aromatic carbocycles.